The second-order valence-corrected chi connectivity index (χ2v) is 5.26. The van der Waals surface area contributed by atoms with Crippen LogP contribution in [0.5, 0.6) is 5.75 Å². The van der Waals surface area contributed by atoms with Crippen LogP contribution in [0.3, 0.4) is 0 Å². The van der Waals surface area contributed by atoms with Gasteiger partial charge >= 0.3 is 0 Å². The van der Waals surface area contributed by atoms with Gasteiger partial charge in [0.05, 0.1) is 0 Å². The van der Waals surface area contributed by atoms with Crippen molar-refractivity contribution < 1.29 is 5.11 Å². The molecule has 3 nitrogen and oxygen atoms in total. The van der Waals surface area contributed by atoms with Crippen molar-refractivity contribution in [3.8, 4) is 5.75 Å². The van der Waals surface area contributed by atoms with Gasteiger partial charge in [0.1, 0.15) is 5.75 Å². The van der Waals surface area contributed by atoms with Gasteiger partial charge in [0.15, 0.2) is 0 Å². The molecule has 1 aromatic rings. The van der Waals surface area contributed by atoms with Crippen LogP contribution in [0.2, 0.25) is 0 Å². The van der Waals surface area contributed by atoms with Gasteiger partial charge in [0.2, 0.25) is 0 Å². The molecule has 0 amide bonds. The summed E-state index contributed by atoms with van der Waals surface area (Å²) in [7, 11) is 0. The molecule has 3 heteroatoms. The Labute approximate surface area is 110 Å². The number of piperidine rings is 1. The van der Waals surface area contributed by atoms with Crippen molar-refractivity contribution in [2.75, 3.05) is 25.0 Å². The minimum Gasteiger partial charge on any atom is -0.508 e. The van der Waals surface area contributed by atoms with Crippen LogP contribution in [-0.2, 0) is 0 Å². The predicted molar refractivity (Wildman–Crippen MR) is 76.0 cm³/mol. The first-order valence-corrected chi connectivity index (χ1v) is 6.97. The Kier molecular flexibility index (Phi) is 4.48. The molecular weight excluding hydrogens is 224 g/mol. The number of anilines is 1. The minimum absolute atomic E-state index is 0.327. The third-order valence-corrected chi connectivity index (χ3v) is 4.03. The van der Waals surface area contributed by atoms with E-state index in [2.05, 4.69) is 24.1 Å². The van der Waals surface area contributed by atoms with Crippen LogP contribution in [0.1, 0.15) is 26.7 Å². The lowest BCUT2D eigenvalue weighted by molar-refractivity contribution is 0.183. The summed E-state index contributed by atoms with van der Waals surface area (Å²) in [4.78, 5) is 2.51. The van der Waals surface area contributed by atoms with E-state index >= 15 is 0 Å². The van der Waals surface area contributed by atoms with Gasteiger partial charge in [-0.1, -0.05) is 13.0 Å². The van der Waals surface area contributed by atoms with Gasteiger partial charge in [0.25, 0.3) is 0 Å². The fourth-order valence-corrected chi connectivity index (χ4v) is 2.75. The number of hydrogen-bond donors (Lipinski definition) is 2. The van der Waals surface area contributed by atoms with Crippen molar-refractivity contribution >= 4 is 5.69 Å². The summed E-state index contributed by atoms with van der Waals surface area (Å²) in [6.07, 6.45) is 2.53. The maximum atomic E-state index is 9.46. The smallest absolute Gasteiger partial charge is 0.117 e. The molecule has 100 valence electrons. The number of aromatic hydroxyl groups is 1. The van der Waals surface area contributed by atoms with Crippen molar-refractivity contribution in [2.45, 2.75) is 32.7 Å². The standard InChI is InChI=1S/C15H24N2O/c1-3-17-9-7-13(8-10-17)12(2)16-14-5-4-6-15(18)11-14/h4-6,11-13,16,18H,3,7-10H2,1-2H3. The molecule has 1 saturated heterocycles. The quantitative estimate of drug-likeness (QED) is 0.860. The lowest BCUT2D eigenvalue weighted by Gasteiger charge is -2.34. The van der Waals surface area contributed by atoms with E-state index in [1.165, 1.54) is 32.5 Å². The first-order valence-electron chi connectivity index (χ1n) is 6.97. The summed E-state index contributed by atoms with van der Waals surface area (Å²) >= 11 is 0. The van der Waals surface area contributed by atoms with E-state index in [-0.39, 0.29) is 0 Å². The van der Waals surface area contributed by atoms with Crippen molar-refractivity contribution in [2.24, 2.45) is 5.92 Å². The normalized spacial score (nSPS) is 19.7. The van der Waals surface area contributed by atoms with Crippen molar-refractivity contribution in [3.05, 3.63) is 24.3 Å². The summed E-state index contributed by atoms with van der Waals surface area (Å²) in [6.45, 7) is 8.08. The SMILES string of the molecule is CCN1CCC(C(C)Nc2cccc(O)c2)CC1. The number of phenols is 1. The van der Waals surface area contributed by atoms with Crippen LogP contribution in [-0.4, -0.2) is 35.7 Å². The second-order valence-electron chi connectivity index (χ2n) is 5.26. The molecule has 1 atom stereocenters. The third kappa shape index (κ3) is 3.39. The van der Waals surface area contributed by atoms with Gasteiger partial charge in [-0.15, -0.1) is 0 Å². The van der Waals surface area contributed by atoms with Gasteiger partial charge in [-0.25, -0.2) is 0 Å². The molecule has 2 N–H and O–H groups in total. The summed E-state index contributed by atoms with van der Waals surface area (Å²) in [5.74, 6) is 1.06. The van der Waals surface area contributed by atoms with Crippen LogP contribution in [0.25, 0.3) is 0 Å². The number of rotatable bonds is 4. The van der Waals surface area contributed by atoms with Crippen LogP contribution in [0, 0.1) is 5.92 Å². The average molecular weight is 248 g/mol. The molecule has 0 bridgehead atoms. The van der Waals surface area contributed by atoms with Crippen LogP contribution in [0.15, 0.2) is 24.3 Å². The highest BCUT2D eigenvalue weighted by Gasteiger charge is 2.22. The Morgan fingerprint density at radius 3 is 2.72 bits per heavy atom. The summed E-state index contributed by atoms with van der Waals surface area (Å²) < 4.78 is 0. The Morgan fingerprint density at radius 2 is 2.11 bits per heavy atom. The van der Waals surface area contributed by atoms with Crippen molar-refractivity contribution in [1.29, 1.82) is 0 Å². The van der Waals surface area contributed by atoms with Crippen LogP contribution in [0.4, 0.5) is 5.69 Å². The molecule has 0 aromatic heterocycles. The molecule has 1 aliphatic heterocycles. The molecule has 1 heterocycles. The maximum absolute atomic E-state index is 9.46. The number of likely N-dealkylation sites (tertiary alicyclic amines) is 1. The molecule has 2 rings (SSSR count). The molecule has 0 aliphatic carbocycles. The fraction of sp³-hybridized carbons (Fsp3) is 0.600. The molecule has 18 heavy (non-hydrogen) atoms. The molecule has 1 fully saturated rings. The van der Waals surface area contributed by atoms with E-state index in [0.717, 1.165) is 11.6 Å². The van der Waals surface area contributed by atoms with E-state index in [4.69, 9.17) is 0 Å². The number of nitrogens with zero attached hydrogens (tertiary/aromatic N) is 1. The Morgan fingerprint density at radius 1 is 1.39 bits per heavy atom. The van der Waals surface area contributed by atoms with E-state index in [1.807, 2.05) is 12.1 Å². The molecule has 1 aliphatic rings. The molecule has 0 saturated carbocycles. The van der Waals surface area contributed by atoms with Crippen molar-refractivity contribution in [3.63, 3.8) is 0 Å². The zero-order chi connectivity index (χ0) is 13.0. The Hall–Kier alpha value is -1.22. The first kappa shape index (κ1) is 13.2. The van der Waals surface area contributed by atoms with E-state index in [9.17, 15) is 5.11 Å². The number of benzene rings is 1. The highest BCUT2D eigenvalue weighted by atomic mass is 16.3. The number of hydrogen-bond acceptors (Lipinski definition) is 3. The van der Waals surface area contributed by atoms with Crippen LogP contribution >= 0.6 is 0 Å². The predicted octanol–water partition coefficient (Wildman–Crippen LogP) is 2.92. The van der Waals surface area contributed by atoms with Crippen LogP contribution < -0.4 is 5.32 Å². The van der Waals surface area contributed by atoms with E-state index in [1.54, 1.807) is 12.1 Å². The summed E-state index contributed by atoms with van der Waals surface area (Å²) in [5, 5.41) is 13.0. The molecule has 0 spiro atoms. The topological polar surface area (TPSA) is 35.5 Å². The molecule has 1 aromatic carbocycles. The second kappa shape index (κ2) is 6.10. The van der Waals surface area contributed by atoms with E-state index in [0.29, 0.717) is 11.8 Å². The zero-order valence-corrected chi connectivity index (χ0v) is 11.4. The molecular formula is C15H24N2O. The highest BCUT2D eigenvalue weighted by molar-refractivity contribution is 5.48. The molecule has 1 unspecified atom stereocenters. The van der Waals surface area contributed by atoms with Crippen molar-refractivity contribution in [1.82, 2.24) is 4.90 Å². The maximum Gasteiger partial charge on any atom is 0.117 e. The van der Waals surface area contributed by atoms with Gasteiger partial charge in [-0.05, 0) is 57.5 Å². The fourth-order valence-electron chi connectivity index (χ4n) is 2.75. The Balaban J connectivity index is 1.87. The largest absolute Gasteiger partial charge is 0.508 e. The zero-order valence-electron chi connectivity index (χ0n) is 11.4. The lowest BCUT2D eigenvalue weighted by atomic mass is 9.90. The van der Waals surface area contributed by atoms with Gasteiger partial charge in [-0.2, -0.15) is 0 Å². The van der Waals surface area contributed by atoms with Gasteiger partial charge < -0.3 is 15.3 Å². The summed E-state index contributed by atoms with van der Waals surface area (Å²) in [6, 6.07) is 7.85. The number of phenolic OH excluding ortho intramolecular Hbond substituents is 1. The highest BCUT2D eigenvalue weighted by Crippen LogP contribution is 2.24. The van der Waals surface area contributed by atoms with Gasteiger partial charge in [0, 0.05) is 17.8 Å². The average Bonchev–Trinajstić information content (AvgIpc) is 2.39. The third-order valence-electron chi connectivity index (χ3n) is 4.03. The minimum atomic E-state index is 0.327. The molecule has 0 radical (unpaired) electrons. The van der Waals surface area contributed by atoms with Gasteiger partial charge in [-0.3, -0.25) is 0 Å². The van der Waals surface area contributed by atoms with E-state index < -0.39 is 0 Å². The first-order chi connectivity index (χ1) is 8.69. The Bertz CT molecular complexity index is 373. The number of nitrogens with one attached hydrogen (secondary N) is 1. The summed E-state index contributed by atoms with van der Waals surface area (Å²) in [5.41, 5.74) is 1.01. The lowest BCUT2D eigenvalue weighted by Crippen LogP contribution is -2.39. The monoisotopic (exact) mass is 248 g/mol.